The summed E-state index contributed by atoms with van der Waals surface area (Å²) in [5.74, 6) is -0.338. The minimum absolute atomic E-state index is 0.221. The van der Waals surface area contributed by atoms with Crippen molar-refractivity contribution >= 4 is 33.5 Å². The van der Waals surface area contributed by atoms with Gasteiger partial charge in [0.05, 0.1) is 10.2 Å². The second-order valence-corrected chi connectivity index (χ2v) is 3.75. The van der Waals surface area contributed by atoms with Crippen LogP contribution in [0.4, 0.5) is 5.69 Å². The Bertz CT molecular complexity index is 404. The highest BCUT2D eigenvalue weighted by molar-refractivity contribution is 9.10. The summed E-state index contributed by atoms with van der Waals surface area (Å²) in [5, 5.41) is 2.57. The molecule has 0 spiro atoms. The van der Waals surface area contributed by atoms with Gasteiger partial charge < -0.3 is 10.1 Å². The molecule has 80 valence electrons. The van der Waals surface area contributed by atoms with E-state index in [1.165, 1.54) is 13.8 Å². The van der Waals surface area contributed by atoms with Gasteiger partial charge in [0.25, 0.3) is 0 Å². The van der Waals surface area contributed by atoms with Crippen LogP contribution in [-0.2, 0) is 9.59 Å². The molecule has 0 heterocycles. The first-order valence-corrected chi connectivity index (χ1v) is 5.04. The molecule has 0 saturated carbocycles. The number of para-hydroxylation sites is 1. The van der Waals surface area contributed by atoms with Crippen LogP contribution in [0.3, 0.4) is 0 Å². The minimum Gasteiger partial charge on any atom is -0.423 e. The van der Waals surface area contributed by atoms with E-state index in [1.54, 1.807) is 18.2 Å². The lowest BCUT2D eigenvalue weighted by Crippen LogP contribution is -2.10. The Balaban J connectivity index is 3.08. The third-order valence-corrected chi connectivity index (χ3v) is 2.15. The summed E-state index contributed by atoms with van der Waals surface area (Å²) < 4.78 is 5.59. The Morgan fingerprint density at radius 2 is 2.00 bits per heavy atom. The van der Waals surface area contributed by atoms with Crippen molar-refractivity contribution in [2.75, 3.05) is 5.32 Å². The fourth-order valence-corrected chi connectivity index (χ4v) is 1.49. The summed E-state index contributed by atoms with van der Waals surface area (Å²) in [6.45, 7) is 2.69. The second-order valence-electron chi connectivity index (χ2n) is 2.89. The third kappa shape index (κ3) is 3.36. The van der Waals surface area contributed by atoms with Gasteiger partial charge in [0, 0.05) is 13.8 Å². The number of amides is 1. The smallest absolute Gasteiger partial charge is 0.308 e. The molecule has 0 aliphatic rings. The molecule has 0 fully saturated rings. The second kappa shape index (κ2) is 4.93. The highest BCUT2D eigenvalue weighted by atomic mass is 79.9. The predicted molar refractivity (Wildman–Crippen MR) is 59.8 cm³/mol. The van der Waals surface area contributed by atoms with Gasteiger partial charge in [0.1, 0.15) is 0 Å². The molecular weight excluding hydrogens is 262 g/mol. The van der Waals surface area contributed by atoms with Crippen molar-refractivity contribution in [1.29, 1.82) is 0 Å². The zero-order valence-electron chi connectivity index (χ0n) is 8.33. The molecule has 5 heteroatoms. The Morgan fingerprint density at radius 3 is 2.53 bits per heavy atom. The Labute approximate surface area is 95.7 Å². The number of hydrogen-bond donors (Lipinski definition) is 1. The number of esters is 1. The van der Waals surface area contributed by atoms with Gasteiger partial charge in [-0.05, 0) is 28.1 Å². The lowest BCUT2D eigenvalue weighted by molar-refractivity contribution is -0.132. The molecule has 1 amide bonds. The van der Waals surface area contributed by atoms with Crippen LogP contribution in [-0.4, -0.2) is 11.9 Å². The van der Waals surface area contributed by atoms with Gasteiger partial charge >= 0.3 is 5.97 Å². The summed E-state index contributed by atoms with van der Waals surface area (Å²) in [6.07, 6.45) is 0. The maximum Gasteiger partial charge on any atom is 0.308 e. The molecule has 1 aromatic rings. The molecular formula is C10H10BrNO3. The van der Waals surface area contributed by atoms with Crippen molar-refractivity contribution in [1.82, 2.24) is 0 Å². The normalized spacial score (nSPS) is 9.53. The van der Waals surface area contributed by atoms with E-state index in [1.807, 2.05) is 0 Å². The average Bonchev–Trinajstić information content (AvgIpc) is 2.09. The number of rotatable bonds is 2. The van der Waals surface area contributed by atoms with Gasteiger partial charge in [-0.25, -0.2) is 0 Å². The Kier molecular flexibility index (Phi) is 3.85. The van der Waals surface area contributed by atoms with Gasteiger partial charge in [0.2, 0.25) is 5.91 Å². The number of halogens is 1. The van der Waals surface area contributed by atoms with Gasteiger partial charge in [-0.3, -0.25) is 9.59 Å². The monoisotopic (exact) mass is 271 g/mol. The predicted octanol–water partition coefficient (Wildman–Crippen LogP) is 2.33. The first kappa shape index (κ1) is 11.7. The minimum atomic E-state index is -0.437. The van der Waals surface area contributed by atoms with Crippen LogP contribution in [0.5, 0.6) is 5.75 Å². The van der Waals surface area contributed by atoms with E-state index < -0.39 is 5.97 Å². The van der Waals surface area contributed by atoms with Crippen LogP contribution in [0.1, 0.15) is 13.8 Å². The Morgan fingerprint density at radius 1 is 1.33 bits per heavy atom. The molecule has 1 N–H and O–H groups in total. The van der Waals surface area contributed by atoms with Crippen LogP contribution in [0.25, 0.3) is 0 Å². The van der Waals surface area contributed by atoms with E-state index in [4.69, 9.17) is 4.74 Å². The van der Waals surface area contributed by atoms with E-state index in [2.05, 4.69) is 21.2 Å². The molecule has 0 bridgehead atoms. The quantitative estimate of drug-likeness (QED) is 0.664. The molecule has 0 saturated heterocycles. The van der Waals surface area contributed by atoms with Crippen LogP contribution < -0.4 is 10.1 Å². The van der Waals surface area contributed by atoms with Gasteiger partial charge in [-0.15, -0.1) is 0 Å². The van der Waals surface area contributed by atoms with Crippen LogP contribution in [0, 0.1) is 0 Å². The van der Waals surface area contributed by atoms with E-state index >= 15 is 0 Å². The largest absolute Gasteiger partial charge is 0.423 e. The van der Waals surface area contributed by atoms with Gasteiger partial charge in [0.15, 0.2) is 5.75 Å². The van der Waals surface area contributed by atoms with E-state index in [9.17, 15) is 9.59 Å². The maximum absolute atomic E-state index is 10.9. The number of benzene rings is 1. The van der Waals surface area contributed by atoms with Crippen molar-refractivity contribution in [2.24, 2.45) is 0 Å². The fraction of sp³-hybridized carbons (Fsp3) is 0.200. The standard InChI is InChI=1S/C10H10BrNO3/c1-6(13)12-9-5-3-4-8(11)10(9)15-7(2)14/h3-5H,1-2H3,(H,12,13). The topological polar surface area (TPSA) is 55.4 Å². The molecule has 0 atom stereocenters. The van der Waals surface area contributed by atoms with Crippen molar-refractivity contribution in [3.63, 3.8) is 0 Å². The lowest BCUT2D eigenvalue weighted by atomic mass is 10.3. The van der Waals surface area contributed by atoms with E-state index in [-0.39, 0.29) is 5.91 Å². The van der Waals surface area contributed by atoms with E-state index in [0.29, 0.717) is 15.9 Å². The number of carbonyl (C=O) groups excluding carboxylic acids is 2. The van der Waals surface area contributed by atoms with Crippen LogP contribution in [0.15, 0.2) is 22.7 Å². The molecule has 0 aromatic heterocycles. The highest BCUT2D eigenvalue weighted by Crippen LogP contribution is 2.33. The number of hydrogen-bond acceptors (Lipinski definition) is 3. The molecule has 4 nitrogen and oxygen atoms in total. The number of anilines is 1. The van der Waals surface area contributed by atoms with Crippen molar-refractivity contribution < 1.29 is 14.3 Å². The lowest BCUT2D eigenvalue weighted by Gasteiger charge is -2.10. The summed E-state index contributed by atoms with van der Waals surface area (Å²) in [7, 11) is 0. The zero-order valence-corrected chi connectivity index (χ0v) is 9.92. The highest BCUT2D eigenvalue weighted by Gasteiger charge is 2.10. The summed E-state index contributed by atoms with van der Waals surface area (Å²) in [4.78, 5) is 21.7. The molecule has 1 rings (SSSR count). The molecule has 15 heavy (non-hydrogen) atoms. The zero-order chi connectivity index (χ0) is 11.4. The maximum atomic E-state index is 10.9. The molecule has 0 aliphatic carbocycles. The average molecular weight is 272 g/mol. The number of carbonyl (C=O) groups is 2. The molecule has 0 radical (unpaired) electrons. The fourth-order valence-electron chi connectivity index (χ4n) is 1.04. The molecule has 0 aliphatic heterocycles. The first-order valence-electron chi connectivity index (χ1n) is 4.25. The Hall–Kier alpha value is -1.36. The van der Waals surface area contributed by atoms with Crippen molar-refractivity contribution in [2.45, 2.75) is 13.8 Å². The van der Waals surface area contributed by atoms with E-state index in [0.717, 1.165) is 0 Å². The van der Waals surface area contributed by atoms with Gasteiger partial charge in [-0.2, -0.15) is 0 Å². The van der Waals surface area contributed by atoms with Crippen molar-refractivity contribution in [3.05, 3.63) is 22.7 Å². The number of nitrogens with one attached hydrogen (secondary N) is 1. The first-order chi connectivity index (χ1) is 7.00. The molecule has 0 unspecified atom stereocenters. The van der Waals surface area contributed by atoms with Crippen LogP contribution >= 0.6 is 15.9 Å². The van der Waals surface area contributed by atoms with Gasteiger partial charge in [-0.1, -0.05) is 6.07 Å². The SMILES string of the molecule is CC(=O)Nc1cccc(Br)c1OC(C)=O. The summed E-state index contributed by atoms with van der Waals surface area (Å²) >= 11 is 3.24. The van der Waals surface area contributed by atoms with Crippen molar-refractivity contribution in [3.8, 4) is 5.75 Å². The summed E-state index contributed by atoms with van der Waals surface area (Å²) in [5.41, 5.74) is 0.465. The summed E-state index contributed by atoms with van der Waals surface area (Å²) in [6, 6.07) is 5.12. The number of ether oxygens (including phenoxy) is 1. The third-order valence-electron chi connectivity index (χ3n) is 1.52. The van der Waals surface area contributed by atoms with Crippen LogP contribution in [0.2, 0.25) is 0 Å². The molecule has 1 aromatic carbocycles.